The van der Waals surface area contributed by atoms with Crippen LogP contribution in [0.1, 0.15) is 18.9 Å². The number of aryl methyl sites for hydroxylation is 1. The van der Waals surface area contributed by atoms with Crippen molar-refractivity contribution in [1.29, 1.82) is 0 Å². The number of pyridine rings is 1. The van der Waals surface area contributed by atoms with Crippen LogP contribution in [-0.2, 0) is 9.53 Å². The van der Waals surface area contributed by atoms with E-state index in [1.54, 1.807) is 0 Å². The highest BCUT2D eigenvalue weighted by Crippen LogP contribution is 2.05. The Morgan fingerprint density at radius 3 is 3.05 bits per heavy atom. The molecule has 1 amide bonds. The zero-order valence-corrected chi connectivity index (χ0v) is 13.5. The summed E-state index contributed by atoms with van der Waals surface area (Å²) in [5.74, 6) is 0.859. The molecule has 1 fully saturated rings. The molecule has 122 valence electrons. The SMILES string of the molecule is CCN1CCO[C@@H](C(=O)NCCCNc2ccc(C)cn2)C1. The van der Waals surface area contributed by atoms with Gasteiger partial charge in [-0.2, -0.15) is 0 Å². The molecule has 22 heavy (non-hydrogen) atoms. The van der Waals surface area contributed by atoms with Crippen molar-refractivity contribution in [2.45, 2.75) is 26.4 Å². The number of rotatable bonds is 7. The van der Waals surface area contributed by atoms with Crippen LogP contribution in [0, 0.1) is 6.92 Å². The van der Waals surface area contributed by atoms with Gasteiger partial charge in [-0.15, -0.1) is 0 Å². The lowest BCUT2D eigenvalue weighted by molar-refractivity contribution is -0.138. The maximum Gasteiger partial charge on any atom is 0.250 e. The molecule has 0 aromatic carbocycles. The lowest BCUT2D eigenvalue weighted by Crippen LogP contribution is -2.49. The maximum absolute atomic E-state index is 12.0. The fraction of sp³-hybridized carbons (Fsp3) is 0.625. The van der Waals surface area contributed by atoms with Gasteiger partial charge >= 0.3 is 0 Å². The maximum atomic E-state index is 12.0. The number of amides is 1. The zero-order chi connectivity index (χ0) is 15.8. The summed E-state index contributed by atoms with van der Waals surface area (Å²) >= 11 is 0. The molecule has 1 aromatic rings. The average molecular weight is 306 g/mol. The lowest BCUT2D eigenvalue weighted by Gasteiger charge is -2.31. The second kappa shape index (κ2) is 8.70. The first-order valence-corrected chi connectivity index (χ1v) is 7.97. The number of hydrogen-bond donors (Lipinski definition) is 2. The van der Waals surface area contributed by atoms with Crippen molar-refractivity contribution in [3.8, 4) is 0 Å². The molecule has 2 N–H and O–H groups in total. The van der Waals surface area contributed by atoms with Gasteiger partial charge in [0.25, 0.3) is 0 Å². The van der Waals surface area contributed by atoms with E-state index in [9.17, 15) is 4.79 Å². The molecule has 1 aliphatic rings. The van der Waals surface area contributed by atoms with Crippen molar-refractivity contribution in [2.24, 2.45) is 0 Å². The van der Waals surface area contributed by atoms with E-state index in [0.717, 1.165) is 37.4 Å². The Morgan fingerprint density at radius 2 is 2.32 bits per heavy atom. The van der Waals surface area contributed by atoms with Gasteiger partial charge in [0.05, 0.1) is 6.61 Å². The van der Waals surface area contributed by atoms with Crippen LogP contribution in [0.4, 0.5) is 5.82 Å². The van der Waals surface area contributed by atoms with Gasteiger partial charge in [-0.3, -0.25) is 9.69 Å². The smallest absolute Gasteiger partial charge is 0.250 e. The largest absolute Gasteiger partial charge is 0.370 e. The number of morpholine rings is 1. The van der Waals surface area contributed by atoms with Crippen LogP contribution in [0.2, 0.25) is 0 Å². The molecular weight excluding hydrogens is 280 g/mol. The lowest BCUT2D eigenvalue weighted by atomic mass is 10.2. The monoisotopic (exact) mass is 306 g/mol. The second-order valence-electron chi connectivity index (χ2n) is 5.54. The van der Waals surface area contributed by atoms with E-state index in [2.05, 4.69) is 27.4 Å². The Balaban J connectivity index is 1.60. The number of hydrogen-bond acceptors (Lipinski definition) is 5. The Hall–Kier alpha value is -1.66. The van der Waals surface area contributed by atoms with Gasteiger partial charge in [0.15, 0.2) is 0 Å². The molecular formula is C16H26N4O2. The fourth-order valence-corrected chi connectivity index (χ4v) is 2.35. The minimum Gasteiger partial charge on any atom is -0.370 e. The van der Waals surface area contributed by atoms with Crippen LogP contribution in [0.3, 0.4) is 0 Å². The van der Waals surface area contributed by atoms with E-state index in [4.69, 9.17) is 4.74 Å². The highest BCUT2D eigenvalue weighted by Gasteiger charge is 2.25. The fourth-order valence-electron chi connectivity index (χ4n) is 2.35. The van der Waals surface area contributed by atoms with Gasteiger partial charge in [0.2, 0.25) is 5.91 Å². The molecule has 0 saturated carbocycles. The van der Waals surface area contributed by atoms with Crippen LogP contribution >= 0.6 is 0 Å². The summed E-state index contributed by atoms with van der Waals surface area (Å²) in [5, 5.41) is 6.18. The normalized spacial score (nSPS) is 18.9. The molecule has 0 radical (unpaired) electrons. The van der Waals surface area contributed by atoms with Gasteiger partial charge in [-0.1, -0.05) is 13.0 Å². The minimum absolute atomic E-state index is 0.00777. The van der Waals surface area contributed by atoms with Crippen LogP contribution < -0.4 is 10.6 Å². The molecule has 6 heteroatoms. The van der Waals surface area contributed by atoms with Crippen molar-refractivity contribution >= 4 is 11.7 Å². The van der Waals surface area contributed by atoms with Gasteiger partial charge in [0.1, 0.15) is 11.9 Å². The highest BCUT2D eigenvalue weighted by atomic mass is 16.5. The number of aromatic nitrogens is 1. The average Bonchev–Trinajstić information content (AvgIpc) is 2.56. The number of likely N-dealkylation sites (N-methyl/N-ethyl adjacent to an activating group) is 1. The number of nitrogens with zero attached hydrogens (tertiary/aromatic N) is 2. The Labute approximate surface area is 132 Å². The molecule has 2 rings (SSSR count). The van der Waals surface area contributed by atoms with Crippen LogP contribution in [-0.4, -0.2) is 61.2 Å². The zero-order valence-electron chi connectivity index (χ0n) is 13.5. The van der Waals surface area contributed by atoms with Crippen LogP contribution in [0.15, 0.2) is 18.3 Å². The third-order valence-corrected chi connectivity index (χ3v) is 3.76. The quantitative estimate of drug-likeness (QED) is 0.737. The van der Waals surface area contributed by atoms with Crippen molar-refractivity contribution in [3.05, 3.63) is 23.9 Å². The van der Waals surface area contributed by atoms with E-state index < -0.39 is 0 Å². The predicted molar refractivity (Wildman–Crippen MR) is 86.9 cm³/mol. The van der Waals surface area contributed by atoms with E-state index in [0.29, 0.717) is 19.7 Å². The van der Waals surface area contributed by atoms with Crippen molar-refractivity contribution in [3.63, 3.8) is 0 Å². The van der Waals surface area contributed by atoms with Gasteiger partial charge in [-0.05, 0) is 31.5 Å². The molecule has 0 bridgehead atoms. The highest BCUT2D eigenvalue weighted by molar-refractivity contribution is 5.81. The van der Waals surface area contributed by atoms with Gasteiger partial charge in [0, 0.05) is 32.4 Å². The molecule has 0 spiro atoms. The molecule has 2 heterocycles. The summed E-state index contributed by atoms with van der Waals surface area (Å²) in [6.07, 6.45) is 2.36. The second-order valence-corrected chi connectivity index (χ2v) is 5.54. The number of carbonyl (C=O) groups is 1. The first-order chi connectivity index (χ1) is 10.7. The number of nitrogens with one attached hydrogen (secondary N) is 2. The van der Waals surface area contributed by atoms with Crippen LogP contribution in [0.5, 0.6) is 0 Å². The van der Waals surface area contributed by atoms with Gasteiger partial charge < -0.3 is 15.4 Å². The molecule has 0 unspecified atom stereocenters. The minimum atomic E-state index is -0.333. The standard InChI is InChI=1S/C16H26N4O2/c1-3-20-9-10-22-14(12-20)16(21)18-8-4-7-17-15-6-5-13(2)11-19-15/h5-6,11,14H,3-4,7-10,12H2,1-2H3,(H,17,19)(H,18,21)/t14-/m1/s1. The van der Waals surface area contributed by atoms with E-state index >= 15 is 0 Å². The Kier molecular flexibility index (Phi) is 6.61. The first-order valence-electron chi connectivity index (χ1n) is 7.97. The van der Waals surface area contributed by atoms with E-state index in [-0.39, 0.29) is 12.0 Å². The summed E-state index contributed by atoms with van der Waals surface area (Å²) in [5.41, 5.74) is 1.14. The summed E-state index contributed by atoms with van der Waals surface area (Å²) in [6, 6.07) is 3.99. The Morgan fingerprint density at radius 1 is 1.45 bits per heavy atom. The van der Waals surface area contributed by atoms with Crippen molar-refractivity contribution in [2.75, 3.05) is 44.6 Å². The summed E-state index contributed by atoms with van der Waals surface area (Å²) in [4.78, 5) is 18.5. The number of carbonyl (C=O) groups excluding carboxylic acids is 1. The molecule has 1 saturated heterocycles. The molecule has 6 nitrogen and oxygen atoms in total. The van der Waals surface area contributed by atoms with Crippen molar-refractivity contribution in [1.82, 2.24) is 15.2 Å². The molecule has 1 atom stereocenters. The summed E-state index contributed by atoms with van der Waals surface area (Å²) in [6.45, 7) is 8.73. The Bertz CT molecular complexity index is 464. The van der Waals surface area contributed by atoms with E-state index in [1.165, 1.54) is 0 Å². The van der Waals surface area contributed by atoms with Gasteiger partial charge in [-0.25, -0.2) is 4.98 Å². The number of ether oxygens (including phenoxy) is 1. The topological polar surface area (TPSA) is 66.5 Å². The molecule has 1 aromatic heterocycles. The van der Waals surface area contributed by atoms with Crippen LogP contribution in [0.25, 0.3) is 0 Å². The number of anilines is 1. The molecule has 1 aliphatic heterocycles. The first kappa shape index (κ1) is 16.7. The third kappa shape index (κ3) is 5.27. The predicted octanol–water partition coefficient (Wildman–Crippen LogP) is 1.03. The summed E-state index contributed by atoms with van der Waals surface area (Å²) < 4.78 is 5.53. The third-order valence-electron chi connectivity index (χ3n) is 3.76. The summed E-state index contributed by atoms with van der Waals surface area (Å²) in [7, 11) is 0. The van der Waals surface area contributed by atoms with E-state index in [1.807, 2.05) is 25.3 Å². The van der Waals surface area contributed by atoms with Crippen molar-refractivity contribution < 1.29 is 9.53 Å². The molecule has 0 aliphatic carbocycles.